The van der Waals surface area contributed by atoms with Crippen molar-refractivity contribution in [2.45, 2.75) is 25.7 Å². The molecule has 1 aliphatic heterocycles. The van der Waals surface area contributed by atoms with Gasteiger partial charge in [-0.1, -0.05) is 24.6 Å². The average molecular weight is 392 g/mol. The van der Waals surface area contributed by atoms with E-state index in [2.05, 4.69) is 60.9 Å². The smallest absolute Gasteiger partial charge is 0.143 e. The van der Waals surface area contributed by atoms with Gasteiger partial charge in [-0.15, -0.1) is 11.3 Å². The van der Waals surface area contributed by atoms with Crippen molar-refractivity contribution in [2.24, 2.45) is 0 Å². The lowest BCUT2D eigenvalue weighted by atomic mass is 10.1. The highest BCUT2D eigenvalue weighted by Crippen LogP contribution is 2.33. The Morgan fingerprint density at radius 2 is 2.04 bits per heavy atom. The van der Waals surface area contributed by atoms with Gasteiger partial charge in [0.25, 0.3) is 0 Å². The molecule has 0 spiro atoms. The molecule has 3 aromatic heterocycles. The monoisotopic (exact) mass is 391 g/mol. The number of fused-ring (bicyclic) bond motifs is 3. The molecule has 4 heterocycles. The summed E-state index contributed by atoms with van der Waals surface area (Å²) in [6.45, 7) is 4.61. The molecule has 0 aliphatic carbocycles. The summed E-state index contributed by atoms with van der Waals surface area (Å²) in [5.74, 6) is 0.929. The largest absolute Gasteiger partial charge is 0.369 e. The van der Waals surface area contributed by atoms with Crippen LogP contribution < -0.4 is 5.32 Å². The number of rotatable bonds is 6. The zero-order chi connectivity index (χ0) is 18.8. The first-order valence-corrected chi connectivity index (χ1v) is 11.0. The van der Waals surface area contributed by atoms with Gasteiger partial charge in [-0.2, -0.15) is 0 Å². The lowest BCUT2D eigenvalue weighted by Gasteiger charge is -2.26. The molecule has 0 bridgehead atoms. The van der Waals surface area contributed by atoms with E-state index in [1.807, 2.05) is 0 Å². The Balaban J connectivity index is 1.36. The first kappa shape index (κ1) is 17.6. The van der Waals surface area contributed by atoms with Gasteiger partial charge in [0, 0.05) is 22.3 Å². The van der Waals surface area contributed by atoms with Crippen molar-refractivity contribution >= 4 is 39.1 Å². The van der Waals surface area contributed by atoms with Crippen LogP contribution >= 0.6 is 11.3 Å². The number of hydrogen-bond donors (Lipinski definition) is 2. The van der Waals surface area contributed by atoms with E-state index < -0.39 is 0 Å². The van der Waals surface area contributed by atoms with Crippen molar-refractivity contribution in [1.82, 2.24) is 19.9 Å². The van der Waals surface area contributed by atoms with Crippen molar-refractivity contribution in [3.63, 3.8) is 0 Å². The predicted octanol–water partition coefficient (Wildman–Crippen LogP) is 5.13. The molecule has 0 amide bonds. The van der Waals surface area contributed by atoms with E-state index in [4.69, 9.17) is 0 Å². The Hall–Kier alpha value is -2.44. The highest BCUT2D eigenvalue weighted by Gasteiger charge is 2.13. The number of nitrogens with zero attached hydrogens (tertiary/aromatic N) is 3. The molecule has 1 fully saturated rings. The third kappa shape index (κ3) is 3.50. The Morgan fingerprint density at radius 3 is 2.89 bits per heavy atom. The topological polar surface area (TPSA) is 56.8 Å². The summed E-state index contributed by atoms with van der Waals surface area (Å²) in [5.41, 5.74) is 3.24. The van der Waals surface area contributed by atoms with E-state index in [1.165, 1.54) is 54.7 Å². The van der Waals surface area contributed by atoms with E-state index in [1.54, 1.807) is 17.7 Å². The number of likely N-dealkylation sites (tertiary alicyclic amines) is 1. The first-order valence-electron chi connectivity index (χ1n) is 10.1. The van der Waals surface area contributed by atoms with E-state index in [0.29, 0.717) is 0 Å². The van der Waals surface area contributed by atoms with Crippen LogP contribution in [0.3, 0.4) is 0 Å². The fourth-order valence-corrected chi connectivity index (χ4v) is 4.88. The molecule has 2 N–H and O–H groups in total. The predicted molar refractivity (Wildman–Crippen MR) is 118 cm³/mol. The van der Waals surface area contributed by atoms with Crippen LogP contribution in [0.1, 0.15) is 25.7 Å². The molecule has 1 saturated heterocycles. The summed E-state index contributed by atoms with van der Waals surface area (Å²) in [7, 11) is 0. The van der Waals surface area contributed by atoms with Crippen LogP contribution in [0.25, 0.3) is 32.4 Å². The third-order valence-electron chi connectivity index (χ3n) is 5.59. The number of piperidine rings is 1. The van der Waals surface area contributed by atoms with Crippen LogP contribution in [0.15, 0.2) is 42.0 Å². The molecule has 0 saturated carbocycles. The number of hydrogen-bond acceptors (Lipinski definition) is 5. The minimum atomic E-state index is 0.895. The Bertz CT molecular complexity index is 1060. The fourth-order valence-electron chi connectivity index (χ4n) is 4.15. The lowest BCUT2D eigenvalue weighted by molar-refractivity contribution is 0.228. The molecule has 0 radical (unpaired) electrons. The number of H-pyrrole nitrogens is 1. The molecule has 1 aliphatic rings. The third-order valence-corrected chi connectivity index (χ3v) is 6.51. The zero-order valence-corrected chi connectivity index (χ0v) is 16.8. The van der Waals surface area contributed by atoms with Gasteiger partial charge in [0.15, 0.2) is 0 Å². The zero-order valence-electron chi connectivity index (χ0n) is 15.9. The molecule has 0 atom stereocenters. The molecule has 1 aromatic carbocycles. The van der Waals surface area contributed by atoms with Crippen molar-refractivity contribution in [3.05, 3.63) is 42.0 Å². The maximum atomic E-state index is 4.53. The fraction of sp³-hybridized carbons (Fsp3) is 0.364. The summed E-state index contributed by atoms with van der Waals surface area (Å²) in [6.07, 6.45) is 6.87. The van der Waals surface area contributed by atoms with Gasteiger partial charge in [0.2, 0.25) is 0 Å². The Labute approximate surface area is 168 Å². The summed E-state index contributed by atoms with van der Waals surface area (Å²) in [5, 5.41) is 7.93. The number of aromatic amines is 1. The molecular weight excluding hydrogens is 366 g/mol. The van der Waals surface area contributed by atoms with Gasteiger partial charge in [-0.3, -0.25) is 0 Å². The van der Waals surface area contributed by atoms with Gasteiger partial charge in [0.05, 0.1) is 5.39 Å². The van der Waals surface area contributed by atoms with Crippen LogP contribution in [-0.4, -0.2) is 46.0 Å². The maximum absolute atomic E-state index is 4.53. The standard InChI is InChI=1S/C22H25N5S/c1-2-10-27(11-3-1)12-5-9-23-21-20-17-8-7-16(19-6-4-13-28-19)14-18(17)26-22(20)25-15-24-21/h4,6-8,13-15H,1-3,5,9-12H2,(H2,23,24,25,26). The molecule has 5 rings (SSSR count). The van der Waals surface area contributed by atoms with Crippen LogP contribution in [0.2, 0.25) is 0 Å². The number of aromatic nitrogens is 3. The van der Waals surface area contributed by atoms with Crippen LogP contribution in [-0.2, 0) is 0 Å². The number of anilines is 1. The Morgan fingerprint density at radius 1 is 1.11 bits per heavy atom. The second-order valence-electron chi connectivity index (χ2n) is 7.49. The second kappa shape index (κ2) is 7.89. The Kier molecular flexibility index (Phi) is 4.97. The van der Waals surface area contributed by atoms with Crippen molar-refractivity contribution < 1.29 is 0 Å². The van der Waals surface area contributed by atoms with E-state index in [9.17, 15) is 0 Å². The molecule has 0 unspecified atom stereocenters. The van der Waals surface area contributed by atoms with E-state index in [-0.39, 0.29) is 0 Å². The summed E-state index contributed by atoms with van der Waals surface area (Å²) < 4.78 is 0. The van der Waals surface area contributed by atoms with Gasteiger partial charge in [-0.25, -0.2) is 9.97 Å². The van der Waals surface area contributed by atoms with E-state index in [0.717, 1.165) is 35.3 Å². The van der Waals surface area contributed by atoms with Crippen molar-refractivity contribution in [3.8, 4) is 10.4 Å². The average Bonchev–Trinajstić information content (AvgIpc) is 3.39. The maximum Gasteiger partial charge on any atom is 0.143 e. The van der Waals surface area contributed by atoms with Crippen molar-refractivity contribution in [2.75, 3.05) is 31.5 Å². The molecule has 144 valence electrons. The van der Waals surface area contributed by atoms with Gasteiger partial charge in [-0.05, 0) is 62.0 Å². The van der Waals surface area contributed by atoms with Crippen LogP contribution in [0.4, 0.5) is 5.82 Å². The first-order chi connectivity index (χ1) is 13.9. The molecule has 5 nitrogen and oxygen atoms in total. The van der Waals surface area contributed by atoms with Gasteiger partial charge < -0.3 is 15.2 Å². The SMILES string of the molecule is c1csc(-c2ccc3c(c2)[nH]c2ncnc(NCCCN4CCCCC4)c23)c1. The molecule has 28 heavy (non-hydrogen) atoms. The lowest BCUT2D eigenvalue weighted by Crippen LogP contribution is -2.31. The molecule has 4 aromatic rings. The highest BCUT2D eigenvalue weighted by molar-refractivity contribution is 7.13. The number of thiophene rings is 1. The number of benzene rings is 1. The van der Waals surface area contributed by atoms with Gasteiger partial charge >= 0.3 is 0 Å². The highest BCUT2D eigenvalue weighted by atomic mass is 32.1. The van der Waals surface area contributed by atoms with Gasteiger partial charge in [0.1, 0.15) is 17.8 Å². The quantitative estimate of drug-likeness (QED) is 0.448. The summed E-state index contributed by atoms with van der Waals surface area (Å²) >= 11 is 1.76. The number of nitrogens with one attached hydrogen (secondary N) is 2. The van der Waals surface area contributed by atoms with Crippen molar-refractivity contribution in [1.29, 1.82) is 0 Å². The summed E-state index contributed by atoms with van der Waals surface area (Å²) in [4.78, 5) is 16.3. The van der Waals surface area contributed by atoms with E-state index >= 15 is 0 Å². The minimum Gasteiger partial charge on any atom is -0.369 e. The molecule has 6 heteroatoms. The minimum absolute atomic E-state index is 0.895. The second-order valence-corrected chi connectivity index (χ2v) is 8.44. The summed E-state index contributed by atoms with van der Waals surface area (Å²) in [6, 6.07) is 10.8. The van der Waals surface area contributed by atoms with Crippen LogP contribution in [0, 0.1) is 0 Å². The normalized spacial score (nSPS) is 15.4. The van der Waals surface area contributed by atoms with Crippen LogP contribution in [0.5, 0.6) is 0 Å². The molecular formula is C22H25N5S.